The molecule has 0 fully saturated rings. The molecule has 1 unspecified atom stereocenters. The first-order chi connectivity index (χ1) is 9.65. The molecule has 0 radical (unpaired) electrons. The van der Waals surface area contributed by atoms with Crippen LogP contribution in [0.2, 0.25) is 0 Å². The summed E-state index contributed by atoms with van der Waals surface area (Å²) in [5.74, 6) is -1.79. The van der Waals surface area contributed by atoms with Crippen LogP contribution in [0.3, 0.4) is 0 Å². The van der Waals surface area contributed by atoms with E-state index in [0.717, 1.165) is 35.7 Å². The van der Waals surface area contributed by atoms with Crippen molar-refractivity contribution in [3.8, 4) is 0 Å². The van der Waals surface area contributed by atoms with Gasteiger partial charge in [0.1, 0.15) is 11.6 Å². The molecular weight excluding hydrogens is 260 g/mol. The van der Waals surface area contributed by atoms with Gasteiger partial charge in [-0.2, -0.15) is 0 Å². The SMILES string of the molecule is O=C(c1cc(F)cc(F)c1)C1NCCc2ccccc21. The predicted octanol–water partition coefficient (Wildman–Crippen LogP) is 3.03. The van der Waals surface area contributed by atoms with E-state index in [-0.39, 0.29) is 11.3 Å². The summed E-state index contributed by atoms with van der Waals surface area (Å²) in [7, 11) is 0. The normalized spacial score (nSPS) is 17.6. The number of rotatable bonds is 2. The molecule has 1 heterocycles. The molecule has 1 aliphatic rings. The standard InChI is InChI=1S/C16H13F2NO/c17-12-7-11(8-13(18)9-12)16(20)15-14-4-2-1-3-10(14)5-6-19-15/h1-4,7-9,15,19H,5-6H2. The van der Waals surface area contributed by atoms with Gasteiger partial charge in [0, 0.05) is 18.2 Å². The smallest absolute Gasteiger partial charge is 0.184 e. The van der Waals surface area contributed by atoms with Crippen molar-refractivity contribution < 1.29 is 13.6 Å². The summed E-state index contributed by atoms with van der Waals surface area (Å²) in [6.45, 7) is 0.672. The first-order valence-corrected chi connectivity index (χ1v) is 6.46. The van der Waals surface area contributed by atoms with Gasteiger partial charge in [-0.1, -0.05) is 24.3 Å². The number of carbonyl (C=O) groups is 1. The van der Waals surface area contributed by atoms with E-state index in [9.17, 15) is 13.6 Å². The van der Waals surface area contributed by atoms with E-state index >= 15 is 0 Å². The van der Waals surface area contributed by atoms with Crippen LogP contribution in [-0.2, 0) is 6.42 Å². The quantitative estimate of drug-likeness (QED) is 0.852. The summed E-state index contributed by atoms with van der Waals surface area (Å²) < 4.78 is 26.5. The molecule has 20 heavy (non-hydrogen) atoms. The Bertz CT molecular complexity index is 649. The number of Topliss-reactive ketones (excluding diaryl/α,β-unsaturated/α-hetero) is 1. The van der Waals surface area contributed by atoms with Gasteiger partial charge in [0.15, 0.2) is 5.78 Å². The molecule has 0 aromatic heterocycles. The van der Waals surface area contributed by atoms with E-state index in [1.165, 1.54) is 0 Å². The van der Waals surface area contributed by atoms with Gasteiger partial charge in [-0.25, -0.2) is 8.78 Å². The van der Waals surface area contributed by atoms with Crippen molar-refractivity contribution in [2.75, 3.05) is 6.54 Å². The summed E-state index contributed by atoms with van der Waals surface area (Å²) in [6, 6.07) is 10.0. The molecule has 1 atom stereocenters. The number of hydrogen-bond donors (Lipinski definition) is 1. The molecular formula is C16H13F2NO. The summed E-state index contributed by atoms with van der Waals surface area (Å²) in [4.78, 5) is 12.5. The molecule has 0 spiro atoms. The number of benzene rings is 2. The van der Waals surface area contributed by atoms with Crippen molar-refractivity contribution in [3.05, 3.63) is 70.8 Å². The Morgan fingerprint density at radius 2 is 1.80 bits per heavy atom. The highest BCUT2D eigenvalue weighted by atomic mass is 19.1. The molecule has 0 aliphatic carbocycles. The second kappa shape index (κ2) is 5.13. The fourth-order valence-corrected chi connectivity index (χ4v) is 2.60. The number of ketones is 1. The Morgan fingerprint density at radius 3 is 2.55 bits per heavy atom. The minimum absolute atomic E-state index is 0.0525. The highest BCUT2D eigenvalue weighted by Gasteiger charge is 2.27. The highest BCUT2D eigenvalue weighted by Crippen LogP contribution is 2.26. The lowest BCUT2D eigenvalue weighted by atomic mass is 9.89. The van der Waals surface area contributed by atoms with Crippen molar-refractivity contribution in [2.45, 2.75) is 12.5 Å². The predicted molar refractivity (Wildman–Crippen MR) is 71.6 cm³/mol. The van der Waals surface area contributed by atoms with Gasteiger partial charge in [-0.15, -0.1) is 0 Å². The third-order valence-corrected chi connectivity index (χ3v) is 3.52. The number of nitrogens with one attached hydrogen (secondary N) is 1. The highest BCUT2D eigenvalue weighted by molar-refractivity contribution is 6.01. The molecule has 2 nitrogen and oxygen atoms in total. The lowest BCUT2D eigenvalue weighted by molar-refractivity contribution is 0.0938. The Morgan fingerprint density at radius 1 is 1.10 bits per heavy atom. The van der Waals surface area contributed by atoms with Crippen LogP contribution in [0.25, 0.3) is 0 Å². The lowest BCUT2D eigenvalue weighted by Gasteiger charge is -2.25. The van der Waals surface area contributed by atoms with Gasteiger partial charge in [-0.05, 0) is 29.7 Å². The zero-order chi connectivity index (χ0) is 14.1. The first kappa shape index (κ1) is 12.9. The average molecular weight is 273 g/mol. The topological polar surface area (TPSA) is 29.1 Å². The van der Waals surface area contributed by atoms with Crippen LogP contribution in [0.5, 0.6) is 0 Å². The fraction of sp³-hybridized carbons (Fsp3) is 0.188. The molecule has 1 N–H and O–H groups in total. The van der Waals surface area contributed by atoms with E-state index in [4.69, 9.17) is 0 Å². The molecule has 102 valence electrons. The first-order valence-electron chi connectivity index (χ1n) is 6.46. The Balaban J connectivity index is 1.99. The number of carbonyl (C=O) groups excluding carboxylic acids is 1. The van der Waals surface area contributed by atoms with Crippen LogP contribution in [0.15, 0.2) is 42.5 Å². The van der Waals surface area contributed by atoms with E-state index in [1.54, 1.807) is 0 Å². The van der Waals surface area contributed by atoms with Crippen LogP contribution in [0.1, 0.15) is 27.5 Å². The largest absolute Gasteiger partial charge is 0.303 e. The second-order valence-electron chi connectivity index (χ2n) is 4.86. The summed E-state index contributed by atoms with van der Waals surface area (Å²) in [6.07, 6.45) is 0.845. The van der Waals surface area contributed by atoms with Crippen LogP contribution in [-0.4, -0.2) is 12.3 Å². The number of hydrogen-bond acceptors (Lipinski definition) is 2. The minimum Gasteiger partial charge on any atom is -0.303 e. The van der Waals surface area contributed by atoms with E-state index in [0.29, 0.717) is 6.54 Å². The molecule has 1 aliphatic heterocycles. The number of halogens is 2. The molecule has 2 aromatic carbocycles. The maximum Gasteiger partial charge on any atom is 0.184 e. The zero-order valence-corrected chi connectivity index (χ0v) is 10.7. The zero-order valence-electron chi connectivity index (χ0n) is 10.7. The Kier molecular flexibility index (Phi) is 3.32. The molecule has 3 rings (SSSR count). The van der Waals surface area contributed by atoms with Gasteiger partial charge >= 0.3 is 0 Å². The molecule has 0 bridgehead atoms. The van der Waals surface area contributed by atoms with E-state index < -0.39 is 17.7 Å². The van der Waals surface area contributed by atoms with Crippen LogP contribution in [0, 0.1) is 11.6 Å². The van der Waals surface area contributed by atoms with E-state index in [2.05, 4.69) is 5.32 Å². The van der Waals surface area contributed by atoms with Crippen molar-refractivity contribution >= 4 is 5.78 Å². The minimum atomic E-state index is -0.738. The Hall–Kier alpha value is -2.07. The molecule has 4 heteroatoms. The fourth-order valence-electron chi connectivity index (χ4n) is 2.60. The van der Waals surface area contributed by atoms with Gasteiger partial charge < -0.3 is 5.32 Å². The maximum atomic E-state index is 13.2. The third kappa shape index (κ3) is 2.34. The van der Waals surface area contributed by atoms with E-state index in [1.807, 2.05) is 24.3 Å². The van der Waals surface area contributed by atoms with Crippen LogP contribution >= 0.6 is 0 Å². The van der Waals surface area contributed by atoms with Crippen LogP contribution < -0.4 is 5.32 Å². The number of fused-ring (bicyclic) bond motifs is 1. The molecule has 0 amide bonds. The lowest BCUT2D eigenvalue weighted by Crippen LogP contribution is -2.35. The van der Waals surface area contributed by atoms with Crippen molar-refractivity contribution in [2.24, 2.45) is 0 Å². The van der Waals surface area contributed by atoms with Gasteiger partial charge in [-0.3, -0.25) is 4.79 Å². The molecule has 2 aromatic rings. The summed E-state index contributed by atoms with van der Waals surface area (Å²) in [5, 5.41) is 3.12. The summed E-state index contributed by atoms with van der Waals surface area (Å²) in [5.41, 5.74) is 2.03. The van der Waals surface area contributed by atoms with Crippen LogP contribution in [0.4, 0.5) is 8.78 Å². The van der Waals surface area contributed by atoms with Crippen molar-refractivity contribution in [3.63, 3.8) is 0 Å². The van der Waals surface area contributed by atoms with Gasteiger partial charge in [0.05, 0.1) is 6.04 Å². The van der Waals surface area contributed by atoms with Crippen molar-refractivity contribution in [1.29, 1.82) is 0 Å². The average Bonchev–Trinajstić information content (AvgIpc) is 2.45. The van der Waals surface area contributed by atoms with Gasteiger partial charge in [0.25, 0.3) is 0 Å². The summed E-state index contributed by atoms with van der Waals surface area (Å²) >= 11 is 0. The monoisotopic (exact) mass is 273 g/mol. The van der Waals surface area contributed by atoms with Gasteiger partial charge in [0.2, 0.25) is 0 Å². The third-order valence-electron chi connectivity index (χ3n) is 3.52. The molecule has 0 saturated carbocycles. The second-order valence-corrected chi connectivity index (χ2v) is 4.86. The molecule has 0 saturated heterocycles. The Labute approximate surface area is 115 Å². The maximum absolute atomic E-state index is 13.2. The van der Waals surface area contributed by atoms with Crippen molar-refractivity contribution in [1.82, 2.24) is 5.32 Å².